The monoisotopic (exact) mass is 396 g/mol. The topological polar surface area (TPSA) is 35.5 Å². The molecule has 2 bridgehead atoms. The van der Waals surface area contributed by atoms with Crippen LogP contribution < -0.4 is 4.74 Å². The third kappa shape index (κ3) is 2.87. The summed E-state index contributed by atoms with van der Waals surface area (Å²) in [6.45, 7) is 7.09. The molecule has 2 aromatic rings. The van der Waals surface area contributed by atoms with Crippen LogP contribution in [0.15, 0.2) is 36.4 Å². The standard InChI is InChI=1S/C25H29FO3/c1-24(2)16-10-11-25(24,3)21(13-16)19-12-15(23(27)29-5)6-8-18(19)20-14-17(28-4)7-9-22(20)26/h6-9,12,14,16,21H,10-11,13H2,1-5H3/t16-,21?,25+/m1/s1. The lowest BCUT2D eigenvalue weighted by Crippen LogP contribution is -2.31. The molecule has 0 aliphatic heterocycles. The van der Waals surface area contributed by atoms with Crippen LogP contribution in [0.25, 0.3) is 11.1 Å². The van der Waals surface area contributed by atoms with Crippen LogP contribution in [0.5, 0.6) is 5.75 Å². The molecule has 4 rings (SSSR count). The Kier molecular flexibility index (Phi) is 4.71. The smallest absolute Gasteiger partial charge is 0.337 e. The van der Waals surface area contributed by atoms with Gasteiger partial charge in [-0.25, -0.2) is 9.18 Å². The van der Waals surface area contributed by atoms with Crippen molar-refractivity contribution in [1.82, 2.24) is 0 Å². The van der Waals surface area contributed by atoms with Crippen LogP contribution in [0.2, 0.25) is 0 Å². The number of hydrogen-bond donors (Lipinski definition) is 0. The maximum atomic E-state index is 14.9. The lowest BCUT2D eigenvalue weighted by Gasteiger charge is -2.40. The van der Waals surface area contributed by atoms with Crippen molar-refractivity contribution >= 4 is 5.97 Å². The van der Waals surface area contributed by atoms with E-state index in [-0.39, 0.29) is 28.5 Å². The molecule has 0 saturated heterocycles. The number of esters is 1. The van der Waals surface area contributed by atoms with Crippen LogP contribution in [-0.4, -0.2) is 20.2 Å². The van der Waals surface area contributed by atoms with E-state index < -0.39 is 0 Å². The van der Waals surface area contributed by atoms with E-state index in [1.807, 2.05) is 12.1 Å². The maximum absolute atomic E-state index is 14.9. The van der Waals surface area contributed by atoms with E-state index in [2.05, 4.69) is 20.8 Å². The fraction of sp³-hybridized carbons (Fsp3) is 0.480. The third-order valence-corrected chi connectivity index (χ3v) is 8.11. The van der Waals surface area contributed by atoms with Gasteiger partial charge in [-0.1, -0.05) is 26.8 Å². The van der Waals surface area contributed by atoms with Crippen LogP contribution in [0.3, 0.4) is 0 Å². The summed E-state index contributed by atoms with van der Waals surface area (Å²) in [5.74, 6) is 0.870. The SMILES string of the molecule is COC(=O)c1ccc(-c2cc(OC)ccc2F)c(C2C[C@H]3CC[C@]2(C)C3(C)C)c1. The zero-order valence-corrected chi connectivity index (χ0v) is 17.8. The van der Waals surface area contributed by atoms with Gasteiger partial charge in [0.2, 0.25) is 0 Å². The van der Waals surface area contributed by atoms with Gasteiger partial charge in [0.25, 0.3) is 0 Å². The summed E-state index contributed by atoms with van der Waals surface area (Å²) in [7, 11) is 2.97. The Labute approximate surface area is 172 Å². The predicted octanol–water partition coefficient (Wildman–Crippen LogP) is 6.22. The Morgan fingerprint density at radius 2 is 1.83 bits per heavy atom. The van der Waals surface area contributed by atoms with E-state index >= 15 is 0 Å². The summed E-state index contributed by atoms with van der Waals surface area (Å²) < 4.78 is 25.2. The quantitative estimate of drug-likeness (QED) is 0.576. The minimum atomic E-state index is -0.364. The second-order valence-corrected chi connectivity index (χ2v) is 9.30. The molecule has 29 heavy (non-hydrogen) atoms. The molecule has 2 aliphatic rings. The van der Waals surface area contributed by atoms with Gasteiger partial charge in [-0.05, 0) is 83.4 Å². The number of rotatable bonds is 4. The number of halogens is 1. The van der Waals surface area contributed by atoms with E-state index in [0.29, 0.717) is 22.8 Å². The normalized spacial score (nSPS) is 27.1. The predicted molar refractivity (Wildman–Crippen MR) is 112 cm³/mol. The Morgan fingerprint density at radius 3 is 2.41 bits per heavy atom. The molecule has 2 saturated carbocycles. The number of hydrogen-bond acceptors (Lipinski definition) is 3. The number of fused-ring (bicyclic) bond motifs is 2. The zero-order valence-electron chi connectivity index (χ0n) is 17.8. The van der Waals surface area contributed by atoms with E-state index in [4.69, 9.17) is 9.47 Å². The van der Waals surface area contributed by atoms with Crippen molar-refractivity contribution in [2.24, 2.45) is 16.7 Å². The molecule has 2 fully saturated rings. The second kappa shape index (κ2) is 6.86. The van der Waals surface area contributed by atoms with Gasteiger partial charge in [-0.15, -0.1) is 0 Å². The van der Waals surface area contributed by atoms with Crippen LogP contribution in [0, 0.1) is 22.6 Å². The first-order valence-corrected chi connectivity index (χ1v) is 10.3. The van der Waals surface area contributed by atoms with Crippen molar-refractivity contribution < 1.29 is 18.7 Å². The van der Waals surface area contributed by atoms with Crippen molar-refractivity contribution in [3.05, 3.63) is 53.3 Å². The number of ether oxygens (including phenoxy) is 2. The van der Waals surface area contributed by atoms with Gasteiger partial charge in [0.05, 0.1) is 19.8 Å². The Morgan fingerprint density at radius 1 is 1.07 bits per heavy atom. The molecular weight excluding hydrogens is 367 g/mol. The van der Waals surface area contributed by atoms with Gasteiger partial charge >= 0.3 is 5.97 Å². The molecule has 2 aliphatic carbocycles. The number of carbonyl (C=O) groups excluding carboxylic acids is 1. The summed E-state index contributed by atoms with van der Waals surface area (Å²) in [4.78, 5) is 12.2. The average molecular weight is 397 g/mol. The number of carbonyl (C=O) groups is 1. The first-order valence-electron chi connectivity index (χ1n) is 10.3. The van der Waals surface area contributed by atoms with Crippen molar-refractivity contribution in [3.8, 4) is 16.9 Å². The van der Waals surface area contributed by atoms with Crippen molar-refractivity contribution in [3.63, 3.8) is 0 Å². The first-order chi connectivity index (χ1) is 13.7. The van der Waals surface area contributed by atoms with Crippen molar-refractivity contribution in [1.29, 1.82) is 0 Å². The summed E-state index contributed by atoms with van der Waals surface area (Å²) in [6, 6.07) is 10.3. The van der Waals surface area contributed by atoms with E-state index in [1.54, 1.807) is 25.3 Å². The summed E-state index contributed by atoms with van der Waals surface area (Å²) in [5, 5.41) is 0. The van der Waals surface area contributed by atoms with Crippen molar-refractivity contribution in [2.45, 2.75) is 46.0 Å². The molecule has 4 heteroatoms. The van der Waals surface area contributed by atoms with Crippen LogP contribution in [-0.2, 0) is 4.74 Å². The third-order valence-electron chi connectivity index (χ3n) is 8.11. The summed E-state index contributed by atoms with van der Waals surface area (Å²) in [6.07, 6.45) is 3.45. The summed E-state index contributed by atoms with van der Waals surface area (Å²) >= 11 is 0. The number of benzene rings is 2. The van der Waals surface area contributed by atoms with Crippen molar-refractivity contribution in [2.75, 3.05) is 14.2 Å². The molecule has 0 spiro atoms. The minimum absolute atomic E-state index is 0.108. The molecule has 2 aromatic carbocycles. The van der Waals surface area contributed by atoms with E-state index in [1.165, 1.54) is 19.6 Å². The molecule has 0 heterocycles. The van der Waals surface area contributed by atoms with Gasteiger partial charge < -0.3 is 9.47 Å². The largest absolute Gasteiger partial charge is 0.497 e. The lowest BCUT2D eigenvalue weighted by molar-refractivity contribution is 0.0600. The molecule has 1 unspecified atom stereocenters. The summed E-state index contributed by atoms with van der Waals surface area (Å²) in [5.41, 5.74) is 3.22. The lowest BCUT2D eigenvalue weighted by atomic mass is 9.64. The minimum Gasteiger partial charge on any atom is -0.497 e. The maximum Gasteiger partial charge on any atom is 0.337 e. The molecule has 3 nitrogen and oxygen atoms in total. The van der Waals surface area contributed by atoms with Gasteiger partial charge in [0.15, 0.2) is 0 Å². The molecule has 3 atom stereocenters. The van der Waals surface area contributed by atoms with Crippen LogP contribution >= 0.6 is 0 Å². The van der Waals surface area contributed by atoms with Crippen LogP contribution in [0.4, 0.5) is 4.39 Å². The van der Waals surface area contributed by atoms with E-state index in [9.17, 15) is 9.18 Å². The first kappa shape index (κ1) is 19.9. The van der Waals surface area contributed by atoms with Crippen LogP contribution in [0.1, 0.15) is 61.9 Å². The Bertz CT molecular complexity index is 965. The molecule has 154 valence electrons. The molecule has 0 radical (unpaired) electrons. The fourth-order valence-electron chi connectivity index (χ4n) is 5.85. The van der Waals surface area contributed by atoms with Gasteiger partial charge in [0.1, 0.15) is 11.6 Å². The highest BCUT2D eigenvalue weighted by atomic mass is 19.1. The van der Waals surface area contributed by atoms with Gasteiger partial charge in [-0.3, -0.25) is 0 Å². The van der Waals surface area contributed by atoms with E-state index in [0.717, 1.165) is 24.0 Å². The molecular formula is C25H29FO3. The van der Waals surface area contributed by atoms with Gasteiger partial charge in [-0.2, -0.15) is 0 Å². The average Bonchev–Trinajstić information content (AvgIpc) is 3.06. The highest BCUT2D eigenvalue weighted by molar-refractivity contribution is 5.91. The van der Waals surface area contributed by atoms with Gasteiger partial charge in [0, 0.05) is 5.56 Å². The fourth-order valence-corrected chi connectivity index (χ4v) is 5.85. The number of methoxy groups -OCH3 is 2. The highest BCUT2D eigenvalue weighted by Gasteiger charge is 2.61. The second-order valence-electron chi connectivity index (χ2n) is 9.30. The Hall–Kier alpha value is -2.36. The Balaban J connectivity index is 1.91. The highest BCUT2D eigenvalue weighted by Crippen LogP contribution is 2.71. The molecule has 0 aromatic heterocycles. The molecule has 0 amide bonds. The zero-order chi connectivity index (χ0) is 21.0. The molecule has 0 N–H and O–H groups in total.